The zero-order valence-electron chi connectivity index (χ0n) is 14.9. The van der Waals surface area contributed by atoms with E-state index in [0.29, 0.717) is 11.5 Å². The molecule has 0 aliphatic carbocycles. The third-order valence-electron chi connectivity index (χ3n) is 4.06. The van der Waals surface area contributed by atoms with Crippen molar-refractivity contribution in [2.24, 2.45) is 0 Å². The van der Waals surface area contributed by atoms with Crippen LogP contribution in [0.5, 0.6) is 11.5 Å². The fourth-order valence-electron chi connectivity index (χ4n) is 2.78. The zero-order chi connectivity index (χ0) is 19.2. The molecule has 7 heteroatoms. The number of ether oxygens (including phenoxy) is 3. The highest BCUT2D eigenvalue weighted by Gasteiger charge is 2.20. The van der Waals surface area contributed by atoms with Gasteiger partial charge in [0.2, 0.25) is 6.79 Å². The average molecular weight is 373 g/mol. The molecule has 0 fully saturated rings. The van der Waals surface area contributed by atoms with Crippen LogP contribution in [0.3, 0.4) is 0 Å². The van der Waals surface area contributed by atoms with Crippen molar-refractivity contribution in [3.63, 3.8) is 0 Å². The maximum atomic E-state index is 13.5. The number of esters is 1. The number of hydrogen-bond acceptors (Lipinski definition) is 5. The topological polar surface area (TPSA) is 65.1 Å². The number of carbonyl (C=O) groups is 2. The minimum Gasteiger partial charge on any atom is -0.466 e. The highest BCUT2D eigenvalue weighted by atomic mass is 19.1. The van der Waals surface area contributed by atoms with Crippen molar-refractivity contribution in [1.82, 2.24) is 4.90 Å². The number of fused-ring (bicyclic) bond motifs is 1. The van der Waals surface area contributed by atoms with Crippen molar-refractivity contribution in [2.75, 3.05) is 19.9 Å². The van der Waals surface area contributed by atoms with Crippen molar-refractivity contribution in [3.05, 3.63) is 59.4 Å². The number of amides is 1. The summed E-state index contributed by atoms with van der Waals surface area (Å²) in [5, 5.41) is 0. The molecule has 142 valence electrons. The molecule has 0 radical (unpaired) electrons. The van der Waals surface area contributed by atoms with Crippen molar-refractivity contribution < 1.29 is 28.2 Å². The Kier molecular flexibility index (Phi) is 5.90. The van der Waals surface area contributed by atoms with Crippen molar-refractivity contribution in [1.29, 1.82) is 0 Å². The first-order valence-corrected chi connectivity index (χ1v) is 8.66. The minimum atomic E-state index is -0.491. The largest absolute Gasteiger partial charge is 0.466 e. The van der Waals surface area contributed by atoms with Crippen LogP contribution in [0.1, 0.15) is 29.3 Å². The molecule has 27 heavy (non-hydrogen) atoms. The molecule has 2 aromatic carbocycles. The van der Waals surface area contributed by atoms with E-state index in [1.54, 1.807) is 25.1 Å². The first kappa shape index (κ1) is 18.7. The van der Waals surface area contributed by atoms with Crippen LogP contribution in [0.25, 0.3) is 0 Å². The van der Waals surface area contributed by atoms with Crippen LogP contribution in [0.2, 0.25) is 0 Å². The van der Waals surface area contributed by atoms with Gasteiger partial charge in [-0.15, -0.1) is 0 Å². The Bertz CT molecular complexity index is 839. The van der Waals surface area contributed by atoms with Gasteiger partial charge in [0, 0.05) is 18.7 Å². The molecule has 1 amide bonds. The lowest BCUT2D eigenvalue weighted by Crippen LogP contribution is -2.33. The van der Waals surface area contributed by atoms with Crippen LogP contribution in [0.4, 0.5) is 4.39 Å². The van der Waals surface area contributed by atoms with Gasteiger partial charge in [-0.2, -0.15) is 0 Å². The summed E-state index contributed by atoms with van der Waals surface area (Å²) in [4.78, 5) is 26.1. The fourth-order valence-corrected chi connectivity index (χ4v) is 2.78. The van der Waals surface area contributed by atoms with Crippen LogP contribution < -0.4 is 9.47 Å². The molecule has 0 aromatic heterocycles. The summed E-state index contributed by atoms with van der Waals surface area (Å²) in [5.41, 5.74) is 1.03. The summed E-state index contributed by atoms with van der Waals surface area (Å²) in [6.45, 7) is 2.56. The Morgan fingerprint density at radius 2 is 1.96 bits per heavy atom. The third kappa shape index (κ3) is 4.75. The molecule has 0 atom stereocenters. The quantitative estimate of drug-likeness (QED) is 0.698. The molecule has 1 heterocycles. The summed E-state index contributed by atoms with van der Waals surface area (Å²) < 4.78 is 29.1. The molecule has 0 N–H and O–H groups in total. The van der Waals surface area contributed by atoms with E-state index in [1.807, 2.05) is 6.07 Å². The lowest BCUT2D eigenvalue weighted by atomic mass is 10.1. The van der Waals surface area contributed by atoms with Crippen molar-refractivity contribution in [2.45, 2.75) is 19.9 Å². The number of hydrogen-bond donors (Lipinski definition) is 0. The number of nitrogens with zero attached hydrogens (tertiary/aromatic N) is 1. The second-order valence-corrected chi connectivity index (χ2v) is 5.98. The molecule has 6 nitrogen and oxygen atoms in total. The van der Waals surface area contributed by atoms with Crippen LogP contribution in [0, 0.1) is 5.82 Å². The standard InChI is InChI=1S/C20H20FNO5/c1-2-25-19(23)8-9-22(20(24)15-4-3-5-16(21)11-15)12-14-6-7-17-18(10-14)27-13-26-17/h3-7,10-11H,2,8-9,12-13H2,1H3. The van der Waals surface area contributed by atoms with Gasteiger partial charge in [-0.1, -0.05) is 12.1 Å². The lowest BCUT2D eigenvalue weighted by molar-refractivity contribution is -0.143. The van der Waals surface area contributed by atoms with Gasteiger partial charge in [-0.05, 0) is 42.8 Å². The Morgan fingerprint density at radius 3 is 2.74 bits per heavy atom. The Labute approximate surface area is 156 Å². The van der Waals surface area contributed by atoms with Gasteiger partial charge in [0.05, 0.1) is 13.0 Å². The van der Waals surface area contributed by atoms with E-state index in [0.717, 1.165) is 5.56 Å². The maximum absolute atomic E-state index is 13.5. The van der Waals surface area contributed by atoms with Gasteiger partial charge in [-0.3, -0.25) is 9.59 Å². The number of benzene rings is 2. The predicted octanol–water partition coefficient (Wildman–Crippen LogP) is 3.15. The fraction of sp³-hybridized carbons (Fsp3) is 0.300. The smallest absolute Gasteiger partial charge is 0.307 e. The van der Waals surface area contributed by atoms with E-state index in [4.69, 9.17) is 14.2 Å². The van der Waals surface area contributed by atoms with Gasteiger partial charge in [0.15, 0.2) is 11.5 Å². The van der Waals surface area contributed by atoms with E-state index in [1.165, 1.54) is 23.1 Å². The molecule has 0 unspecified atom stereocenters. The van der Waals surface area contributed by atoms with Crippen LogP contribution in [-0.4, -0.2) is 36.7 Å². The molecule has 1 aliphatic rings. The molecular weight excluding hydrogens is 353 g/mol. The van der Waals surface area contributed by atoms with Crippen LogP contribution in [0.15, 0.2) is 42.5 Å². The SMILES string of the molecule is CCOC(=O)CCN(Cc1ccc2c(c1)OCO2)C(=O)c1cccc(F)c1. The number of carbonyl (C=O) groups excluding carboxylic acids is 2. The molecule has 0 saturated carbocycles. The zero-order valence-corrected chi connectivity index (χ0v) is 14.9. The highest BCUT2D eigenvalue weighted by molar-refractivity contribution is 5.94. The summed E-state index contributed by atoms with van der Waals surface area (Å²) >= 11 is 0. The Morgan fingerprint density at radius 1 is 1.15 bits per heavy atom. The third-order valence-corrected chi connectivity index (χ3v) is 4.06. The molecule has 2 aromatic rings. The predicted molar refractivity (Wildman–Crippen MR) is 95.0 cm³/mol. The number of rotatable bonds is 7. The minimum absolute atomic E-state index is 0.0550. The molecule has 1 aliphatic heterocycles. The highest BCUT2D eigenvalue weighted by Crippen LogP contribution is 2.33. The van der Waals surface area contributed by atoms with Crippen molar-refractivity contribution in [3.8, 4) is 11.5 Å². The maximum Gasteiger partial charge on any atom is 0.307 e. The first-order valence-electron chi connectivity index (χ1n) is 8.66. The van der Waals surface area contributed by atoms with Gasteiger partial charge >= 0.3 is 5.97 Å². The molecule has 0 saturated heterocycles. The van der Waals surface area contributed by atoms with E-state index < -0.39 is 5.82 Å². The van der Waals surface area contributed by atoms with Crippen LogP contribution >= 0.6 is 0 Å². The molecule has 3 rings (SSSR count). The van der Waals surface area contributed by atoms with Gasteiger partial charge in [-0.25, -0.2) is 4.39 Å². The van der Waals surface area contributed by atoms with Gasteiger partial charge < -0.3 is 19.1 Å². The van der Waals surface area contributed by atoms with E-state index in [9.17, 15) is 14.0 Å². The Balaban J connectivity index is 1.78. The number of halogens is 1. The van der Waals surface area contributed by atoms with E-state index >= 15 is 0 Å². The van der Waals surface area contributed by atoms with Gasteiger partial charge in [0.25, 0.3) is 5.91 Å². The molecular formula is C20H20FNO5. The van der Waals surface area contributed by atoms with E-state index in [2.05, 4.69) is 0 Å². The second-order valence-electron chi connectivity index (χ2n) is 5.98. The molecule has 0 bridgehead atoms. The van der Waals surface area contributed by atoms with E-state index in [-0.39, 0.29) is 50.4 Å². The second kappa shape index (κ2) is 8.53. The summed E-state index contributed by atoms with van der Waals surface area (Å²) in [7, 11) is 0. The van der Waals surface area contributed by atoms with Crippen LogP contribution in [-0.2, 0) is 16.1 Å². The van der Waals surface area contributed by atoms with Gasteiger partial charge in [0.1, 0.15) is 5.82 Å². The van der Waals surface area contributed by atoms with Crippen molar-refractivity contribution >= 4 is 11.9 Å². The first-order chi connectivity index (χ1) is 13.1. The normalized spacial score (nSPS) is 11.9. The molecule has 0 spiro atoms. The monoisotopic (exact) mass is 373 g/mol. The average Bonchev–Trinajstić information content (AvgIpc) is 3.12. The lowest BCUT2D eigenvalue weighted by Gasteiger charge is -2.23. The summed E-state index contributed by atoms with van der Waals surface area (Å²) in [6.07, 6.45) is 0.0550. The Hall–Kier alpha value is -3.09. The summed E-state index contributed by atoms with van der Waals surface area (Å²) in [6, 6.07) is 10.9. The summed E-state index contributed by atoms with van der Waals surface area (Å²) in [5.74, 6) is 0.00953.